The van der Waals surface area contributed by atoms with Gasteiger partial charge in [-0.2, -0.15) is 0 Å². The van der Waals surface area contributed by atoms with Gasteiger partial charge in [0.05, 0.1) is 25.9 Å². The summed E-state index contributed by atoms with van der Waals surface area (Å²) in [6.07, 6.45) is 1.51. The van der Waals surface area contributed by atoms with Crippen LogP contribution in [0.2, 0.25) is 0 Å². The number of aromatic nitrogens is 1. The zero-order valence-electron chi connectivity index (χ0n) is 14.4. The third-order valence-electron chi connectivity index (χ3n) is 3.46. The van der Waals surface area contributed by atoms with E-state index in [1.54, 1.807) is 25.3 Å². The van der Waals surface area contributed by atoms with Crippen LogP contribution in [0.3, 0.4) is 0 Å². The van der Waals surface area contributed by atoms with Crippen molar-refractivity contribution in [2.45, 2.75) is 26.7 Å². The van der Waals surface area contributed by atoms with E-state index in [-0.39, 0.29) is 5.97 Å². The molecular formula is C19H23NO4. The number of benzene rings is 1. The molecule has 0 fully saturated rings. The first-order chi connectivity index (χ1) is 11.6. The molecule has 0 bridgehead atoms. The second-order valence-electron chi connectivity index (χ2n) is 5.31. The van der Waals surface area contributed by atoms with Crippen LogP contribution in [0, 0.1) is 6.92 Å². The zero-order chi connectivity index (χ0) is 17.4. The highest BCUT2D eigenvalue weighted by Crippen LogP contribution is 2.28. The molecule has 1 heterocycles. The largest absolute Gasteiger partial charge is 0.493 e. The molecule has 0 saturated heterocycles. The maximum atomic E-state index is 12.1. The van der Waals surface area contributed by atoms with Gasteiger partial charge in [0.2, 0.25) is 0 Å². The Kier molecular flexibility index (Phi) is 6.61. The molecule has 5 nitrogen and oxygen atoms in total. The van der Waals surface area contributed by atoms with Gasteiger partial charge in [-0.3, -0.25) is 4.98 Å². The van der Waals surface area contributed by atoms with Gasteiger partial charge >= 0.3 is 5.97 Å². The van der Waals surface area contributed by atoms with Crippen LogP contribution in [-0.2, 0) is 11.2 Å². The highest BCUT2D eigenvalue weighted by molar-refractivity contribution is 5.90. The summed E-state index contributed by atoms with van der Waals surface area (Å²) in [5.41, 5.74) is 2.45. The van der Waals surface area contributed by atoms with E-state index in [0.29, 0.717) is 30.3 Å². The molecule has 5 heteroatoms. The number of methoxy groups -OCH3 is 1. The van der Waals surface area contributed by atoms with E-state index >= 15 is 0 Å². The van der Waals surface area contributed by atoms with Crippen LogP contribution in [0.4, 0.5) is 0 Å². The molecule has 2 rings (SSSR count). The smallest absolute Gasteiger partial charge is 0.338 e. The summed E-state index contributed by atoms with van der Waals surface area (Å²) in [6, 6.07) is 11.0. The fourth-order valence-corrected chi connectivity index (χ4v) is 2.31. The van der Waals surface area contributed by atoms with E-state index in [0.717, 1.165) is 24.2 Å². The minimum atomic E-state index is -0.367. The van der Waals surface area contributed by atoms with E-state index in [9.17, 15) is 4.79 Å². The van der Waals surface area contributed by atoms with E-state index < -0.39 is 0 Å². The molecule has 2 aromatic rings. The van der Waals surface area contributed by atoms with Gasteiger partial charge in [0.15, 0.2) is 11.5 Å². The Hall–Kier alpha value is -2.56. The fourth-order valence-electron chi connectivity index (χ4n) is 2.31. The van der Waals surface area contributed by atoms with Crippen LogP contribution in [0.15, 0.2) is 36.4 Å². The van der Waals surface area contributed by atoms with E-state index in [4.69, 9.17) is 14.2 Å². The van der Waals surface area contributed by atoms with Gasteiger partial charge in [0, 0.05) is 11.4 Å². The Labute approximate surface area is 142 Å². The molecule has 128 valence electrons. The topological polar surface area (TPSA) is 57.7 Å². The molecule has 0 spiro atoms. The minimum Gasteiger partial charge on any atom is -0.493 e. The molecule has 0 amide bonds. The van der Waals surface area contributed by atoms with Gasteiger partial charge in [-0.25, -0.2) is 4.79 Å². The number of rotatable bonds is 8. The molecule has 1 aromatic carbocycles. The average Bonchev–Trinajstić information content (AvgIpc) is 2.59. The molecule has 0 atom stereocenters. The predicted octanol–water partition coefficient (Wildman–Crippen LogP) is 3.59. The highest BCUT2D eigenvalue weighted by Gasteiger charge is 2.12. The number of carbonyl (C=O) groups is 1. The average molecular weight is 329 g/mol. The fraction of sp³-hybridized carbons (Fsp3) is 0.368. The van der Waals surface area contributed by atoms with Crippen molar-refractivity contribution < 1.29 is 19.0 Å². The summed E-state index contributed by atoms with van der Waals surface area (Å²) in [5, 5.41) is 0. The number of aryl methyl sites for hydroxylation is 2. The van der Waals surface area contributed by atoms with Crippen LogP contribution in [0.25, 0.3) is 0 Å². The van der Waals surface area contributed by atoms with Gasteiger partial charge < -0.3 is 14.2 Å². The first-order valence-corrected chi connectivity index (χ1v) is 8.04. The van der Waals surface area contributed by atoms with Gasteiger partial charge in [0.1, 0.15) is 0 Å². The molecule has 24 heavy (non-hydrogen) atoms. The summed E-state index contributed by atoms with van der Waals surface area (Å²) >= 11 is 0. The summed E-state index contributed by atoms with van der Waals surface area (Å²) in [7, 11) is 1.54. The number of ether oxygens (including phenoxy) is 3. The van der Waals surface area contributed by atoms with Crippen LogP contribution < -0.4 is 9.47 Å². The quantitative estimate of drug-likeness (QED) is 0.547. The second-order valence-corrected chi connectivity index (χ2v) is 5.31. The van der Waals surface area contributed by atoms with Crippen LogP contribution >= 0.6 is 0 Å². The molecule has 0 unspecified atom stereocenters. The number of pyridine rings is 1. The molecule has 0 radical (unpaired) electrons. The van der Waals surface area contributed by atoms with Crippen molar-refractivity contribution in [3.8, 4) is 11.5 Å². The van der Waals surface area contributed by atoms with Gasteiger partial charge in [-0.1, -0.05) is 6.07 Å². The lowest BCUT2D eigenvalue weighted by atomic mass is 10.2. The second kappa shape index (κ2) is 8.91. The molecular weight excluding hydrogens is 306 g/mol. The lowest BCUT2D eigenvalue weighted by Crippen LogP contribution is -2.08. The summed E-state index contributed by atoms with van der Waals surface area (Å²) in [4.78, 5) is 16.5. The van der Waals surface area contributed by atoms with Crippen molar-refractivity contribution in [1.82, 2.24) is 4.98 Å². The number of esters is 1. The van der Waals surface area contributed by atoms with Crippen molar-refractivity contribution in [2.75, 3.05) is 20.3 Å². The number of carbonyl (C=O) groups excluding carboxylic acids is 1. The third-order valence-corrected chi connectivity index (χ3v) is 3.46. The summed E-state index contributed by atoms with van der Waals surface area (Å²) < 4.78 is 16.0. The van der Waals surface area contributed by atoms with E-state index in [1.165, 1.54) is 0 Å². The molecule has 0 aliphatic rings. The maximum absolute atomic E-state index is 12.1. The molecule has 0 aliphatic carbocycles. The van der Waals surface area contributed by atoms with E-state index in [1.807, 2.05) is 32.0 Å². The number of hydrogen-bond acceptors (Lipinski definition) is 5. The Morgan fingerprint density at radius 3 is 2.71 bits per heavy atom. The predicted molar refractivity (Wildman–Crippen MR) is 91.7 cm³/mol. The van der Waals surface area contributed by atoms with Crippen LogP contribution in [0.5, 0.6) is 11.5 Å². The van der Waals surface area contributed by atoms with Crippen molar-refractivity contribution in [1.29, 1.82) is 0 Å². The Bertz CT molecular complexity index is 685. The van der Waals surface area contributed by atoms with Crippen molar-refractivity contribution in [2.24, 2.45) is 0 Å². The Morgan fingerprint density at radius 1 is 1.17 bits per heavy atom. The normalized spacial score (nSPS) is 10.3. The Morgan fingerprint density at radius 2 is 2.00 bits per heavy atom. The monoisotopic (exact) mass is 329 g/mol. The lowest BCUT2D eigenvalue weighted by molar-refractivity contribution is 0.0500. The van der Waals surface area contributed by atoms with Crippen molar-refractivity contribution >= 4 is 5.97 Å². The van der Waals surface area contributed by atoms with Crippen LogP contribution in [-0.4, -0.2) is 31.3 Å². The molecule has 1 aromatic heterocycles. The Balaban J connectivity index is 1.86. The van der Waals surface area contributed by atoms with Gasteiger partial charge in [-0.05, 0) is 57.0 Å². The molecule has 0 N–H and O–H groups in total. The van der Waals surface area contributed by atoms with Crippen molar-refractivity contribution in [3.05, 3.63) is 53.3 Å². The van der Waals surface area contributed by atoms with Crippen LogP contribution in [0.1, 0.15) is 35.1 Å². The first kappa shape index (κ1) is 17.8. The summed E-state index contributed by atoms with van der Waals surface area (Å²) in [5.74, 6) is 0.769. The zero-order valence-corrected chi connectivity index (χ0v) is 14.4. The first-order valence-electron chi connectivity index (χ1n) is 8.04. The number of nitrogens with zero attached hydrogens (tertiary/aromatic N) is 1. The number of hydrogen-bond donors (Lipinski definition) is 0. The van der Waals surface area contributed by atoms with Crippen molar-refractivity contribution in [3.63, 3.8) is 0 Å². The molecule has 0 aliphatic heterocycles. The van der Waals surface area contributed by atoms with Gasteiger partial charge in [-0.15, -0.1) is 0 Å². The highest BCUT2D eigenvalue weighted by atomic mass is 16.5. The molecule has 0 saturated carbocycles. The minimum absolute atomic E-state index is 0.351. The van der Waals surface area contributed by atoms with E-state index in [2.05, 4.69) is 4.98 Å². The van der Waals surface area contributed by atoms with Gasteiger partial charge in [0.25, 0.3) is 0 Å². The summed E-state index contributed by atoms with van der Waals surface area (Å²) in [6.45, 7) is 4.74. The third kappa shape index (κ3) is 4.98. The standard InChI is InChI=1S/C19H23NO4/c1-4-23-17-11-10-15(13-18(17)22-3)19(21)24-12-6-9-16-8-5-7-14(2)20-16/h5,7-8,10-11,13H,4,6,9,12H2,1-3H3. The maximum Gasteiger partial charge on any atom is 0.338 e. The SMILES string of the molecule is CCOc1ccc(C(=O)OCCCc2cccc(C)n2)cc1OC. The lowest BCUT2D eigenvalue weighted by Gasteiger charge is -2.11.